The molecular weight excluding hydrogens is 299 g/mol. The molecule has 0 spiro atoms. The fourth-order valence-corrected chi connectivity index (χ4v) is 1.86. The summed E-state index contributed by atoms with van der Waals surface area (Å²) in [7, 11) is 0. The predicted molar refractivity (Wildman–Crippen MR) is 74.2 cm³/mol. The van der Waals surface area contributed by atoms with Gasteiger partial charge in [-0.3, -0.25) is 9.59 Å². The Morgan fingerprint density at radius 2 is 1.68 bits per heavy atom. The van der Waals surface area contributed by atoms with E-state index in [0.29, 0.717) is 5.56 Å². The van der Waals surface area contributed by atoms with Gasteiger partial charge in [-0.05, 0) is 31.0 Å². The summed E-state index contributed by atoms with van der Waals surface area (Å²) in [4.78, 5) is 22.8. The van der Waals surface area contributed by atoms with Gasteiger partial charge in [-0.15, -0.1) is 0 Å². The van der Waals surface area contributed by atoms with E-state index in [4.69, 9.17) is 5.11 Å². The molecule has 1 aromatic carbocycles. The molecule has 0 heterocycles. The molecule has 2 N–H and O–H groups in total. The molecule has 0 unspecified atom stereocenters. The second kappa shape index (κ2) is 6.37. The summed E-state index contributed by atoms with van der Waals surface area (Å²) in [5.41, 5.74) is -1.13. The molecule has 0 saturated heterocycles. The van der Waals surface area contributed by atoms with Crippen molar-refractivity contribution < 1.29 is 27.9 Å². The van der Waals surface area contributed by atoms with E-state index in [0.717, 1.165) is 12.1 Å². The van der Waals surface area contributed by atoms with Crippen molar-refractivity contribution in [3.63, 3.8) is 0 Å². The Bertz CT molecular complexity index is 550. The van der Waals surface area contributed by atoms with E-state index in [2.05, 4.69) is 5.32 Å². The van der Waals surface area contributed by atoms with E-state index in [-0.39, 0.29) is 6.42 Å². The van der Waals surface area contributed by atoms with Crippen LogP contribution in [0.25, 0.3) is 0 Å². The van der Waals surface area contributed by atoms with Crippen LogP contribution in [0.15, 0.2) is 24.3 Å². The summed E-state index contributed by atoms with van der Waals surface area (Å²) in [5.74, 6) is -1.62. The van der Waals surface area contributed by atoms with Crippen molar-refractivity contribution in [2.45, 2.75) is 39.4 Å². The monoisotopic (exact) mass is 317 g/mol. The molecule has 22 heavy (non-hydrogen) atoms. The highest BCUT2D eigenvalue weighted by Gasteiger charge is 2.32. The van der Waals surface area contributed by atoms with Gasteiger partial charge in [0.2, 0.25) is 5.91 Å². The Morgan fingerprint density at radius 1 is 1.18 bits per heavy atom. The second-order valence-electron chi connectivity index (χ2n) is 5.79. The zero-order valence-corrected chi connectivity index (χ0v) is 12.5. The smallest absolute Gasteiger partial charge is 0.416 e. The number of halogens is 3. The van der Waals surface area contributed by atoms with Gasteiger partial charge in [0, 0.05) is 5.41 Å². The zero-order valence-electron chi connectivity index (χ0n) is 12.5. The fraction of sp³-hybridized carbons (Fsp3) is 0.467. The van der Waals surface area contributed by atoms with Crippen LogP contribution >= 0.6 is 0 Å². The van der Waals surface area contributed by atoms with E-state index in [1.807, 2.05) is 0 Å². The van der Waals surface area contributed by atoms with Crippen LogP contribution in [0.3, 0.4) is 0 Å². The quantitative estimate of drug-likeness (QED) is 0.877. The maximum absolute atomic E-state index is 12.5. The average Bonchev–Trinajstić information content (AvgIpc) is 2.37. The molecule has 1 amide bonds. The third-order valence-corrected chi connectivity index (χ3v) is 3.26. The highest BCUT2D eigenvalue weighted by atomic mass is 19.4. The molecule has 122 valence electrons. The van der Waals surface area contributed by atoms with Gasteiger partial charge in [0.1, 0.15) is 6.04 Å². The molecule has 0 radical (unpaired) electrons. The number of hydrogen-bond donors (Lipinski definition) is 2. The first-order chi connectivity index (χ1) is 9.93. The molecule has 0 aliphatic carbocycles. The van der Waals surface area contributed by atoms with E-state index in [1.54, 1.807) is 13.8 Å². The summed E-state index contributed by atoms with van der Waals surface area (Å²) in [6.07, 6.45) is -4.20. The number of carbonyl (C=O) groups excluding carboxylic acids is 1. The van der Waals surface area contributed by atoms with Crippen LogP contribution in [0.2, 0.25) is 0 Å². The molecule has 1 rings (SSSR count). The van der Waals surface area contributed by atoms with Crippen molar-refractivity contribution in [1.29, 1.82) is 0 Å². The van der Waals surface area contributed by atoms with Gasteiger partial charge in [-0.1, -0.05) is 26.0 Å². The van der Waals surface area contributed by atoms with Crippen LogP contribution in [0.1, 0.15) is 31.9 Å². The van der Waals surface area contributed by atoms with Gasteiger partial charge >= 0.3 is 12.1 Å². The average molecular weight is 317 g/mol. The van der Waals surface area contributed by atoms with E-state index < -0.39 is 35.1 Å². The van der Waals surface area contributed by atoms with Crippen molar-refractivity contribution >= 4 is 11.9 Å². The van der Waals surface area contributed by atoms with Gasteiger partial charge in [0.05, 0.1) is 5.56 Å². The maximum atomic E-state index is 12.5. The molecule has 0 saturated carbocycles. The first-order valence-corrected chi connectivity index (χ1v) is 6.63. The Kier molecular flexibility index (Phi) is 5.22. The van der Waals surface area contributed by atoms with Gasteiger partial charge in [-0.25, -0.2) is 0 Å². The van der Waals surface area contributed by atoms with Crippen molar-refractivity contribution in [2.24, 2.45) is 5.41 Å². The van der Waals surface area contributed by atoms with Crippen LogP contribution in [0.4, 0.5) is 13.2 Å². The number of amides is 1. The second-order valence-corrected chi connectivity index (χ2v) is 5.79. The topological polar surface area (TPSA) is 66.4 Å². The molecule has 1 aromatic rings. The largest absolute Gasteiger partial charge is 0.480 e. The number of nitrogens with one attached hydrogen (secondary N) is 1. The molecule has 7 heteroatoms. The van der Waals surface area contributed by atoms with Crippen LogP contribution < -0.4 is 5.32 Å². The Morgan fingerprint density at radius 3 is 2.09 bits per heavy atom. The van der Waals surface area contributed by atoms with Gasteiger partial charge in [0.25, 0.3) is 0 Å². The lowest BCUT2D eigenvalue weighted by Gasteiger charge is -2.25. The minimum absolute atomic E-state index is 0.198. The van der Waals surface area contributed by atoms with Gasteiger partial charge in [0.15, 0.2) is 0 Å². The molecule has 0 fully saturated rings. The zero-order chi connectivity index (χ0) is 17.1. The lowest BCUT2D eigenvalue weighted by atomic mass is 9.84. The number of hydrogen-bond acceptors (Lipinski definition) is 2. The Labute approximate surface area is 126 Å². The molecule has 0 aliphatic heterocycles. The molecule has 0 bridgehead atoms. The van der Waals surface area contributed by atoms with Crippen molar-refractivity contribution in [1.82, 2.24) is 5.32 Å². The minimum atomic E-state index is -4.40. The van der Waals surface area contributed by atoms with Crippen LogP contribution in [-0.2, 0) is 22.2 Å². The van der Waals surface area contributed by atoms with E-state index >= 15 is 0 Å². The third kappa shape index (κ3) is 4.75. The first kappa shape index (κ1) is 18.0. The number of carbonyl (C=O) groups is 2. The summed E-state index contributed by atoms with van der Waals surface area (Å²) >= 11 is 0. The number of carboxylic acids is 1. The predicted octanol–water partition coefficient (Wildman–Crippen LogP) is 2.86. The first-order valence-electron chi connectivity index (χ1n) is 6.63. The lowest BCUT2D eigenvalue weighted by Crippen LogP contribution is -2.45. The molecule has 0 aliphatic rings. The molecule has 1 atom stereocenters. The number of alkyl halides is 3. The number of benzene rings is 1. The van der Waals surface area contributed by atoms with Crippen molar-refractivity contribution in [2.75, 3.05) is 0 Å². The SMILES string of the molecule is C[C@@H](NC(=O)C(C)(C)Cc1ccc(C(F)(F)F)cc1)C(=O)O. The molecule has 0 aromatic heterocycles. The summed E-state index contributed by atoms with van der Waals surface area (Å²) in [6.45, 7) is 4.55. The maximum Gasteiger partial charge on any atom is 0.416 e. The van der Waals surface area contributed by atoms with E-state index in [1.165, 1.54) is 19.1 Å². The van der Waals surface area contributed by atoms with Crippen LogP contribution in [0, 0.1) is 5.41 Å². The minimum Gasteiger partial charge on any atom is -0.480 e. The highest BCUT2D eigenvalue weighted by molar-refractivity contribution is 5.86. The summed E-state index contributed by atoms with van der Waals surface area (Å²) in [5, 5.41) is 11.1. The Balaban J connectivity index is 2.79. The van der Waals surface area contributed by atoms with Crippen LogP contribution in [-0.4, -0.2) is 23.0 Å². The third-order valence-electron chi connectivity index (χ3n) is 3.26. The fourth-order valence-electron chi connectivity index (χ4n) is 1.86. The number of aliphatic carboxylic acids is 1. The summed E-state index contributed by atoms with van der Waals surface area (Å²) in [6, 6.07) is 3.53. The van der Waals surface area contributed by atoms with Gasteiger partial charge < -0.3 is 10.4 Å². The van der Waals surface area contributed by atoms with Crippen molar-refractivity contribution in [3.8, 4) is 0 Å². The molecule has 4 nitrogen and oxygen atoms in total. The Hall–Kier alpha value is -2.05. The standard InChI is InChI=1S/C15H18F3NO3/c1-9(12(20)21)19-13(22)14(2,3)8-10-4-6-11(7-5-10)15(16,17)18/h4-7,9H,8H2,1-3H3,(H,19,22)(H,20,21)/t9-/m1/s1. The number of carboxylic acid groups (broad SMARTS) is 1. The van der Waals surface area contributed by atoms with Gasteiger partial charge in [-0.2, -0.15) is 13.2 Å². The van der Waals surface area contributed by atoms with E-state index in [9.17, 15) is 22.8 Å². The lowest BCUT2D eigenvalue weighted by molar-refractivity contribution is -0.142. The van der Waals surface area contributed by atoms with Crippen LogP contribution in [0.5, 0.6) is 0 Å². The normalized spacial score (nSPS) is 13.5. The summed E-state index contributed by atoms with van der Waals surface area (Å²) < 4.78 is 37.5. The highest BCUT2D eigenvalue weighted by Crippen LogP contribution is 2.30. The van der Waals surface area contributed by atoms with Crippen molar-refractivity contribution in [3.05, 3.63) is 35.4 Å². The number of rotatable bonds is 5. The molecular formula is C15H18F3NO3.